The minimum absolute atomic E-state index is 0.0395. The van der Waals surface area contributed by atoms with Crippen LogP contribution < -0.4 is 10.0 Å². The third kappa shape index (κ3) is 4.52. The Morgan fingerprint density at radius 2 is 1.88 bits per heavy atom. The Morgan fingerprint density at radius 1 is 1.16 bits per heavy atom. The summed E-state index contributed by atoms with van der Waals surface area (Å²) >= 11 is 6.05. The number of sulfonamides is 1. The highest BCUT2D eigenvalue weighted by Gasteiger charge is 2.22. The molecule has 1 atom stereocenters. The van der Waals surface area contributed by atoms with Crippen molar-refractivity contribution < 1.29 is 13.2 Å². The van der Waals surface area contributed by atoms with Crippen molar-refractivity contribution in [2.75, 3.05) is 11.0 Å². The van der Waals surface area contributed by atoms with Crippen molar-refractivity contribution in [3.8, 4) is 0 Å². The van der Waals surface area contributed by atoms with Crippen LogP contribution in [0.15, 0.2) is 42.5 Å². The first-order valence-electron chi connectivity index (χ1n) is 7.99. The van der Waals surface area contributed by atoms with E-state index < -0.39 is 10.0 Å². The Kier molecular flexibility index (Phi) is 5.01. The number of carbonyl (C=O) groups excluding carboxylic acids is 1. The standard InChI is InChI=1S/C18H19ClN2O3S/c1-25(23,24)21-15-8-5-12(6-9-15)18(22)20-17-4-2-3-13-11-14(19)7-10-16(13)17/h5-11,17,21H,2-4H2,1H3,(H,20,22). The first kappa shape index (κ1) is 17.8. The molecule has 1 aliphatic rings. The number of benzene rings is 2. The fraction of sp³-hybridized carbons (Fsp3) is 0.278. The molecular formula is C18H19ClN2O3S. The number of amides is 1. The minimum atomic E-state index is -3.33. The number of anilines is 1. The number of halogens is 1. The van der Waals surface area contributed by atoms with E-state index in [0.29, 0.717) is 16.3 Å². The first-order valence-corrected chi connectivity index (χ1v) is 10.3. The summed E-state index contributed by atoms with van der Waals surface area (Å²) in [6.07, 6.45) is 3.93. The molecule has 132 valence electrons. The predicted octanol–water partition coefficient (Wildman–Crippen LogP) is 3.52. The Bertz CT molecular complexity index is 895. The summed E-state index contributed by atoms with van der Waals surface area (Å²) in [5.74, 6) is -0.182. The molecule has 0 aromatic heterocycles. The quantitative estimate of drug-likeness (QED) is 0.854. The van der Waals surface area contributed by atoms with Crippen LogP contribution >= 0.6 is 11.6 Å². The number of carbonyl (C=O) groups is 1. The molecule has 5 nitrogen and oxygen atoms in total. The average Bonchev–Trinajstić information content (AvgIpc) is 2.54. The molecular weight excluding hydrogens is 360 g/mol. The van der Waals surface area contributed by atoms with Crippen LogP contribution in [0.1, 0.15) is 40.4 Å². The number of fused-ring (bicyclic) bond motifs is 1. The zero-order chi connectivity index (χ0) is 18.0. The summed E-state index contributed by atoms with van der Waals surface area (Å²) in [4.78, 5) is 12.5. The fourth-order valence-corrected chi connectivity index (χ4v) is 3.84. The minimum Gasteiger partial charge on any atom is -0.345 e. The SMILES string of the molecule is CS(=O)(=O)Nc1ccc(C(=O)NC2CCCc3cc(Cl)ccc32)cc1. The highest BCUT2D eigenvalue weighted by Crippen LogP contribution is 2.31. The molecule has 7 heteroatoms. The monoisotopic (exact) mass is 378 g/mol. The second-order valence-corrected chi connectivity index (χ2v) is 8.40. The van der Waals surface area contributed by atoms with E-state index in [2.05, 4.69) is 10.0 Å². The van der Waals surface area contributed by atoms with Gasteiger partial charge in [0, 0.05) is 16.3 Å². The zero-order valence-electron chi connectivity index (χ0n) is 13.8. The second kappa shape index (κ2) is 7.06. The largest absolute Gasteiger partial charge is 0.345 e. The van der Waals surface area contributed by atoms with Gasteiger partial charge >= 0.3 is 0 Å². The van der Waals surface area contributed by atoms with E-state index in [1.165, 1.54) is 5.56 Å². The van der Waals surface area contributed by atoms with Crippen LogP contribution in [-0.2, 0) is 16.4 Å². The summed E-state index contributed by atoms with van der Waals surface area (Å²) in [6, 6.07) is 12.1. The van der Waals surface area contributed by atoms with Gasteiger partial charge in [0.1, 0.15) is 0 Å². The Labute approximate surface area is 152 Å². The maximum atomic E-state index is 12.5. The lowest BCUT2D eigenvalue weighted by molar-refractivity contribution is 0.0933. The zero-order valence-corrected chi connectivity index (χ0v) is 15.3. The maximum absolute atomic E-state index is 12.5. The molecule has 25 heavy (non-hydrogen) atoms. The van der Waals surface area contributed by atoms with E-state index in [9.17, 15) is 13.2 Å². The van der Waals surface area contributed by atoms with E-state index >= 15 is 0 Å². The summed E-state index contributed by atoms with van der Waals surface area (Å²) in [6.45, 7) is 0. The normalized spacial score (nSPS) is 16.8. The molecule has 2 aromatic rings. The lowest BCUT2D eigenvalue weighted by atomic mass is 9.87. The lowest BCUT2D eigenvalue weighted by Crippen LogP contribution is -2.31. The molecule has 0 bridgehead atoms. The van der Waals surface area contributed by atoms with Gasteiger partial charge in [0.2, 0.25) is 10.0 Å². The Morgan fingerprint density at radius 3 is 2.56 bits per heavy atom. The van der Waals surface area contributed by atoms with Crippen LogP contribution in [0.2, 0.25) is 5.02 Å². The number of hydrogen-bond donors (Lipinski definition) is 2. The van der Waals surface area contributed by atoms with Gasteiger partial charge in [-0.05, 0) is 66.8 Å². The molecule has 2 aromatic carbocycles. The summed E-state index contributed by atoms with van der Waals surface area (Å²) < 4.78 is 24.8. The topological polar surface area (TPSA) is 75.3 Å². The highest BCUT2D eigenvalue weighted by atomic mass is 35.5. The lowest BCUT2D eigenvalue weighted by Gasteiger charge is -2.26. The van der Waals surface area contributed by atoms with Gasteiger partial charge in [0.15, 0.2) is 0 Å². The molecule has 0 radical (unpaired) electrons. The van der Waals surface area contributed by atoms with Crippen LogP contribution in [0, 0.1) is 0 Å². The van der Waals surface area contributed by atoms with Gasteiger partial charge in [-0.1, -0.05) is 17.7 Å². The van der Waals surface area contributed by atoms with Gasteiger partial charge in [-0.2, -0.15) is 0 Å². The van der Waals surface area contributed by atoms with E-state index in [0.717, 1.165) is 31.1 Å². The van der Waals surface area contributed by atoms with Crippen LogP contribution in [0.25, 0.3) is 0 Å². The van der Waals surface area contributed by atoms with Crippen molar-refractivity contribution in [1.82, 2.24) is 5.32 Å². The molecule has 0 fully saturated rings. The summed E-state index contributed by atoms with van der Waals surface area (Å²) in [5, 5.41) is 3.77. The van der Waals surface area contributed by atoms with Gasteiger partial charge in [0.25, 0.3) is 5.91 Å². The number of rotatable bonds is 4. The second-order valence-electron chi connectivity index (χ2n) is 6.21. The van der Waals surface area contributed by atoms with Gasteiger partial charge in [-0.25, -0.2) is 8.42 Å². The molecule has 0 heterocycles. The van der Waals surface area contributed by atoms with E-state index in [4.69, 9.17) is 11.6 Å². The van der Waals surface area contributed by atoms with Gasteiger partial charge in [-0.15, -0.1) is 0 Å². The maximum Gasteiger partial charge on any atom is 0.251 e. The molecule has 0 saturated heterocycles. The van der Waals surface area contributed by atoms with Crippen molar-refractivity contribution in [3.63, 3.8) is 0 Å². The third-order valence-corrected chi connectivity index (χ3v) is 5.02. The van der Waals surface area contributed by atoms with E-state index in [1.807, 2.05) is 18.2 Å². The Balaban J connectivity index is 1.73. The molecule has 0 aliphatic heterocycles. The highest BCUT2D eigenvalue weighted by molar-refractivity contribution is 7.92. The van der Waals surface area contributed by atoms with Crippen LogP contribution in [0.3, 0.4) is 0 Å². The van der Waals surface area contributed by atoms with Crippen molar-refractivity contribution >= 4 is 33.2 Å². The van der Waals surface area contributed by atoms with Crippen molar-refractivity contribution in [2.45, 2.75) is 25.3 Å². The molecule has 0 spiro atoms. The van der Waals surface area contributed by atoms with Gasteiger partial charge in [-0.3, -0.25) is 9.52 Å². The van der Waals surface area contributed by atoms with Gasteiger partial charge in [0.05, 0.1) is 12.3 Å². The number of hydrogen-bond acceptors (Lipinski definition) is 3. The summed E-state index contributed by atoms with van der Waals surface area (Å²) in [7, 11) is -3.33. The molecule has 3 rings (SSSR count). The van der Waals surface area contributed by atoms with Crippen molar-refractivity contribution in [1.29, 1.82) is 0 Å². The van der Waals surface area contributed by atoms with Crippen LogP contribution in [-0.4, -0.2) is 20.6 Å². The van der Waals surface area contributed by atoms with Crippen molar-refractivity contribution in [3.05, 3.63) is 64.2 Å². The summed E-state index contributed by atoms with van der Waals surface area (Å²) in [5.41, 5.74) is 3.20. The van der Waals surface area contributed by atoms with E-state index in [-0.39, 0.29) is 11.9 Å². The van der Waals surface area contributed by atoms with Crippen LogP contribution in [0.5, 0.6) is 0 Å². The number of aryl methyl sites for hydroxylation is 1. The molecule has 1 aliphatic carbocycles. The Hall–Kier alpha value is -2.05. The molecule has 1 unspecified atom stereocenters. The van der Waals surface area contributed by atoms with Crippen LogP contribution in [0.4, 0.5) is 5.69 Å². The molecule has 2 N–H and O–H groups in total. The number of nitrogens with one attached hydrogen (secondary N) is 2. The third-order valence-electron chi connectivity index (χ3n) is 4.18. The van der Waals surface area contributed by atoms with Gasteiger partial charge < -0.3 is 5.32 Å². The first-order chi connectivity index (χ1) is 11.8. The smallest absolute Gasteiger partial charge is 0.251 e. The molecule has 0 saturated carbocycles. The predicted molar refractivity (Wildman–Crippen MR) is 99.5 cm³/mol. The van der Waals surface area contributed by atoms with E-state index in [1.54, 1.807) is 24.3 Å². The molecule has 1 amide bonds. The van der Waals surface area contributed by atoms with Crippen molar-refractivity contribution in [2.24, 2.45) is 0 Å². The fourth-order valence-electron chi connectivity index (χ4n) is 3.08. The average molecular weight is 379 g/mol.